The molecule has 160 valence electrons. The molecule has 2 heterocycles. The van der Waals surface area contributed by atoms with Crippen molar-refractivity contribution in [3.8, 4) is 0 Å². The van der Waals surface area contributed by atoms with Crippen molar-refractivity contribution in [2.24, 2.45) is 0 Å². The Kier molecular flexibility index (Phi) is 7.44. The van der Waals surface area contributed by atoms with Crippen LogP contribution in [0.3, 0.4) is 0 Å². The summed E-state index contributed by atoms with van der Waals surface area (Å²) in [5.74, 6) is 0.502. The Morgan fingerprint density at radius 3 is 2.63 bits per heavy atom. The Balaban J connectivity index is 1.77. The van der Waals surface area contributed by atoms with Gasteiger partial charge in [-0.15, -0.1) is 0 Å². The highest BCUT2D eigenvalue weighted by Crippen LogP contribution is 2.27. The Morgan fingerprint density at radius 2 is 1.97 bits per heavy atom. The Hall–Kier alpha value is -2.03. The Morgan fingerprint density at radius 1 is 1.20 bits per heavy atom. The Bertz CT molecular complexity index is 1050. The van der Waals surface area contributed by atoms with E-state index in [9.17, 15) is 4.79 Å². The van der Waals surface area contributed by atoms with Gasteiger partial charge in [-0.05, 0) is 32.0 Å². The van der Waals surface area contributed by atoms with Crippen molar-refractivity contribution in [2.45, 2.75) is 50.7 Å². The second-order valence-electron chi connectivity index (χ2n) is 7.31. The maximum absolute atomic E-state index is 12.4. The summed E-state index contributed by atoms with van der Waals surface area (Å²) in [5, 5.41) is 13.4. The fourth-order valence-corrected chi connectivity index (χ4v) is 3.99. The van der Waals surface area contributed by atoms with Gasteiger partial charge in [0.15, 0.2) is 10.8 Å². The number of hydrogen-bond acceptors (Lipinski definition) is 6. The number of carbonyl (C=O) groups is 1. The molecule has 0 saturated heterocycles. The molecule has 7 nitrogen and oxygen atoms in total. The fourth-order valence-electron chi connectivity index (χ4n) is 2.79. The first-order valence-electron chi connectivity index (χ1n) is 9.64. The van der Waals surface area contributed by atoms with E-state index in [0.29, 0.717) is 39.1 Å². The molecule has 0 atom stereocenters. The van der Waals surface area contributed by atoms with E-state index in [1.54, 1.807) is 40.8 Å². The van der Waals surface area contributed by atoms with E-state index in [0.717, 1.165) is 16.9 Å². The summed E-state index contributed by atoms with van der Waals surface area (Å²) in [6, 6.07) is 5.02. The molecule has 10 heteroatoms. The normalized spacial score (nSPS) is 11.5. The van der Waals surface area contributed by atoms with Crippen LogP contribution in [0.2, 0.25) is 10.0 Å². The molecular formula is C20H24Cl2N6OS. The molecule has 0 aliphatic carbocycles. The third-order valence-corrected chi connectivity index (χ3v) is 5.44. The van der Waals surface area contributed by atoms with Gasteiger partial charge < -0.3 is 10.6 Å². The molecule has 1 aromatic carbocycles. The van der Waals surface area contributed by atoms with Crippen molar-refractivity contribution in [1.82, 2.24) is 25.1 Å². The van der Waals surface area contributed by atoms with E-state index in [1.165, 1.54) is 0 Å². The molecule has 0 bridgehead atoms. The minimum absolute atomic E-state index is 0.228. The number of rotatable bonds is 8. The number of hydrogen-bond donors (Lipinski definition) is 2. The average molecular weight is 467 g/mol. The lowest BCUT2D eigenvalue weighted by molar-refractivity contribution is 0.0952. The lowest BCUT2D eigenvalue weighted by Crippen LogP contribution is -2.27. The number of amides is 1. The van der Waals surface area contributed by atoms with Gasteiger partial charge in [0.25, 0.3) is 5.91 Å². The van der Waals surface area contributed by atoms with Crippen molar-refractivity contribution in [2.75, 3.05) is 11.9 Å². The highest BCUT2D eigenvalue weighted by Gasteiger charge is 2.16. The van der Waals surface area contributed by atoms with Crippen LogP contribution in [0.5, 0.6) is 0 Å². The summed E-state index contributed by atoms with van der Waals surface area (Å²) in [6.07, 6.45) is 1.75. The number of anilines is 1. The summed E-state index contributed by atoms with van der Waals surface area (Å²) in [4.78, 5) is 21.8. The average Bonchev–Trinajstić information content (AvgIpc) is 3.04. The second-order valence-corrected chi connectivity index (χ2v) is 9.69. The molecule has 0 fully saturated rings. The van der Waals surface area contributed by atoms with Gasteiger partial charge >= 0.3 is 0 Å². The summed E-state index contributed by atoms with van der Waals surface area (Å²) < 4.78 is 1.77. The minimum Gasteiger partial charge on any atom is -0.367 e. The summed E-state index contributed by atoms with van der Waals surface area (Å²) in [6.45, 7) is 9.16. The summed E-state index contributed by atoms with van der Waals surface area (Å²) >= 11 is 13.6. The van der Waals surface area contributed by atoms with Crippen molar-refractivity contribution in [3.63, 3.8) is 0 Å². The largest absolute Gasteiger partial charge is 0.367 e. The zero-order valence-corrected chi connectivity index (χ0v) is 19.6. The summed E-state index contributed by atoms with van der Waals surface area (Å²) in [5.41, 5.74) is 1.11. The quantitative estimate of drug-likeness (QED) is 0.363. The molecule has 1 amide bonds. The molecule has 0 aliphatic heterocycles. The first kappa shape index (κ1) is 22.7. The molecule has 0 unspecified atom stereocenters. The molecule has 0 aliphatic rings. The zero-order chi connectivity index (χ0) is 21.8. The predicted octanol–water partition coefficient (Wildman–Crippen LogP) is 4.88. The van der Waals surface area contributed by atoms with Gasteiger partial charge in [-0.1, -0.05) is 48.8 Å². The van der Waals surface area contributed by atoms with Gasteiger partial charge in [0.1, 0.15) is 5.82 Å². The van der Waals surface area contributed by atoms with Crippen LogP contribution < -0.4 is 10.6 Å². The maximum atomic E-state index is 12.4. The molecule has 2 N–H and O–H groups in total. The van der Waals surface area contributed by atoms with Crippen LogP contribution in [0.1, 0.15) is 38.1 Å². The van der Waals surface area contributed by atoms with Crippen LogP contribution in [-0.2, 0) is 6.54 Å². The van der Waals surface area contributed by atoms with Gasteiger partial charge in [0, 0.05) is 22.9 Å². The molecule has 0 radical (unpaired) electrons. The monoisotopic (exact) mass is 466 g/mol. The number of halogens is 2. The topological polar surface area (TPSA) is 84.7 Å². The van der Waals surface area contributed by atoms with E-state index in [1.807, 2.05) is 0 Å². The van der Waals surface area contributed by atoms with E-state index in [2.05, 4.69) is 53.4 Å². The van der Waals surface area contributed by atoms with E-state index in [-0.39, 0.29) is 11.9 Å². The predicted molar refractivity (Wildman–Crippen MR) is 124 cm³/mol. The zero-order valence-electron chi connectivity index (χ0n) is 17.2. The highest BCUT2D eigenvalue weighted by atomic mass is 35.5. The third kappa shape index (κ3) is 5.56. The molecule has 0 spiro atoms. The number of aromatic nitrogens is 4. The molecular weight excluding hydrogens is 443 g/mol. The van der Waals surface area contributed by atoms with E-state index < -0.39 is 0 Å². The van der Waals surface area contributed by atoms with Crippen molar-refractivity contribution >= 4 is 57.7 Å². The number of nitrogens with one attached hydrogen (secondary N) is 2. The van der Waals surface area contributed by atoms with Gasteiger partial charge in [-0.3, -0.25) is 4.79 Å². The fraction of sp³-hybridized carbons (Fsp3) is 0.400. The lowest BCUT2D eigenvalue weighted by atomic mass is 10.2. The van der Waals surface area contributed by atoms with Gasteiger partial charge in [-0.25, -0.2) is 14.6 Å². The number of carbonyl (C=O) groups excluding carboxylic acids is 1. The van der Waals surface area contributed by atoms with E-state index in [4.69, 9.17) is 23.2 Å². The van der Waals surface area contributed by atoms with Crippen LogP contribution in [-0.4, -0.2) is 43.5 Å². The summed E-state index contributed by atoms with van der Waals surface area (Å²) in [7, 11) is 0. The number of fused-ring (bicyclic) bond motifs is 1. The third-order valence-electron chi connectivity index (χ3n) is 4.03. The molecule has 3 rings (SSSR count). The van der Waals surface area contributed by atoms with Crippen LogP contribution in [0, 0.1) is 0 Å². The SMILES string of the molecule is CC(C)Nc1nc(SC(C)C)nc2c1cnn2CCNC(=O)c1ccc(Cl)cc1Cl. The second kappa shape index (κ2) is 9.85. The van der Waals surface area contributed by atoms with Crippen molar-refractivity contribution in [3.05, 3.63) is 40.0 Å². The number of benzene rings is 1. The first-order chi connectivity index (χ1) is 14.2. The molecule has 0 saturated carbocycles. The minimum atomic E-state index is -0.263. The van der Waals surface area contributed by atoms with Gasteiger partial charge in [0.05, 0.1) is 28.7 Å². The number of nitrogens with zero attached hydrogens (tertiary/aromatic N) is 4. The first-order valence-corrected chi connectivity index (χ1v) is 11.3. The molecule has 2 aromatic heterocycles. The lowest BCUT2D eigenvalue weighted by Gasteiger charge is -2.13. The van der Waals surface area contributed by atoms with Crippen LogP contribution >= 0.6 is 35.0 Å². The van der Waals surface area contributed by atoms with Crippen LogP contribution in [0.25, 0.3) is 11.0 Å². The highest BCUT2D eigenvalue weighted by molar-refractivity contribution is 7.99. The standard InChI is InChI=1S/C20H24Cl2N6OS/c1-11(2)25-17-15-10-24-28(18(15)27-20(26-17)30-12(3)4)8-7-23-19(29)14-6-5-13(21)9-16(14)22/h5-6,9-12H,7-8H2,1-4H3,(H,23,29)(H,25,26,27). The molecule has 30 heavy (non-hydrogen) atoms. The van der Waals surface area contributed by atoms with Gasteiger partial charge in [-0.2, -0.15) is 5.10 Å². The van der Waals surface area contributed by atoms with Crippen molar-refractivity contribution in [1.29, 1.82) is 0 Å². The van der Waals surface area contributed by atoms with Crippen LogP contribution in [0.4, 0.5) is 5.82 Å². The smallest absolute Gasteiger partial charge is 0.252 e. The number of thioether (sulfide) groups is 1. The van der Waals surface area contributed by atoms with Crippen LogP contribution in [0.15, 0.2) is 29.6 Å². The van der Waals surface area contributed by atoms with Gasteiger partial charge in [0.2, 0.25) is 0 Å². The van der Waals surface area contributed by atoms with Crippen molar-refractivity contribution < 1.29 is 4.79 Å². The maximum Gasteiger partial charge on any atom is 0.252 e. The van der Waals surface area contributed by atoms with E-state index >= 15 is 0 Å². The Labute approximate surface area is 189 Å². The molecule has 3 aromatic rings.